The van der Waals surface area contributed by atoms with Crippen LogP contribution in [0.15, 0.2) is 18.5 Å². The van der Waals surface area contributed by atoms with Gasteiger partial charge in [-0.3, -0.25) is 0 Å². The highest BCUT2D eigenvalue weighted by Crippen LogP contribution is 2.28. The largest absolute Gasteiger partial charge is 0.361 e. The second-order valence-electron chi connectivity index (χ2n) is 6.59. The Morgan fingerprint density at radius 2 is 1.71 bits per heavy atom. The summed E-state index contributed by atoms with van der Waals surface area (Å²) in [6.07, 6.45) is 5.13. The van der Waals surface area contributed by atoms with Gasteiger partial charge in [-0.25, -0.2) is 9.97 Å². The van der Waals surface area contributed by atoms with Crippen LogP contribution >= 0.6 is 0 Å². The van der Waals surface area contributed by atoms with Crippen molar-refractivity contribution in [3.8, 4) is 0 Å². The van der Waals surface area contributed by atoms with Gasteiger partial charge in [0.15, 0.2) is 11.6 Å². The van der Waals surface area contributed by atoms with Crippen molar-refractivity contribution in [3.63, 3.8) is 0 Å². The van der Waals surface area contributed by atoms with Crippen LogP contribution < -0.4 is 14.7 Å². The molecule has 0 aromatic carbocycles. The van der Waals surface area contributed by atoms with E-state index in [-0.39, 0.29) is 0 Å². The maximum absolute atomic E-state index is 4.57. The molecule has 1 fully saturated rings. The van der Waals surface area contributed by atoms with E-state index in [0.29, 0.717) is 0 Å². The highest BCUT2D eigenvalue weighted by Gasteiger charge is 2.24. The maximum Gasteiger partial charge on any atom is 0.151 e. The number of hydrogen-bond acceptors (Lipinski definition) is 7. The summed E-state index contributed by atoms with van der Waals surface area (Å²) in [5, 5.41) is 8.65. The van der Waals surface area contributed by atoms with Crippen molar-refractivity contribution in [2.45, 2.75) is 19.3 Å². The minimum absolute atomic E-state index is 0.883. The highest BCUT2D eigenvalue weighted by molar-refractivity contribution is 5.52. The number of fused-ring (bicyclic) bond motifs is 1. The molecule has 2 aromatic heterocycles. The Bertz CT molecular complexity index is 705. The van der Waals surface area contributed by atoms with Gasteiger partial charge in [0.2, 0.25) is 0 Å². The topological polar surface area (TPSA) is 61.3 Å². The summed E-state index contributed by atoms with van der Waals surface area (Å²) in [6.45, 7) is 3.80. The molecule has 2 aliphatic rings. The van der Waals surface area contributed by atoms with E-state index in [9.17, 15) is 0 Å². The molecule has 0 N–H and O–H groups in total. The molecule has 0 saturated carbocycles. The summed E-state index contributed by atoms with van der Waals surface area (Å²) in [6, 6.07) is 4.08. The third kappa shape index (κ3) is 2.74. The predicted molar refractivity (Wildman–Crippen MR) is 94.8 cm³/mol. The molecule has 0 radical (unpaired) electrons. The van der Waals surface area contributed by atoms with E-state index in [4.69, 9.17) is 0 Å². The lowest BCUT2D eigenvalue weighted by atomic mass is 10.2. The van der Waals surface area contributed by atoms with Gasteiger partial charge in [0.25, 0.3) is 0 Å². The molecule has 126 valence electrons. The van der Waals surface area contributed by atoms with Crippen LogP contribution in [0.25, 0.3) is 0 Å². The molecule has 2 aromatic rings. The molecular weight excluding hydrogens is 302 g/mol. The third-order valence-electron chi connectivity index (χ3n) is 4.85. The van der Waals surface area contributed by atoms with E-state index < -0.39 is 0 Å². The number of aryl methyl sites for hydroxylation is 1. The van der Waals surface area contributed by atoms with Gasteiger partial charge in [0.05, 0.1) is 0 Å². The average molecular weight is 325 g/mol. The van der Waals surface area contributed by atoms with Gasteiger partial charge in [0.1, 0.15) is 12.1 Å². The van der Waals surface area contributed by atoms with Gasteiger partial charge in [-0.05, 0) is 31.4 Å². The fourth-order valence-electron chi connectivity index (χ4n) is 3.49. The third-order valence-corrected chi connectivity index (χ3v) is 4.85. The molecule has 0 bridgehead atoms. The minimum atomic E-state index is 0.883. The summed E-state index contributed by atoms with van der Waals surface area (Å²) < 4.78 is 0. The summed E-state index contributed by atoms with van der Waals surface area (Å²) >= 11 is 0. The Hall–Kier alpha value is -2.44. The first-order chi connectivity index (χ1) is 11.7. The number of rotatable bonds is 3. The Balaban J connectivity index is 1.45. The summed E-state index contributed by atoms with van der Waals surface area (Å²) in [4.78, 5) is 15.6. The van der Waals surface area contributed by atoms with Crippen LogP contribution in [-0.4, -0.2) is 60.4 Å². The van der Waals surface area contributed by atoms with Gasteiger partial charge in [-0.1, -0.05) is 0 Å². The molecule has 0 unspecified atom stereocenters. The van der Waals surface area contributed by atoms with Crippen molar-refractivity contribution >= 4 is 17.5 Å². The monoisotopic (exact) mass is 325 g/mol. The second-order valence-corrected chi connectivity index (χ2v) is 6.59. The van der Waals surface area contributed by atoms with Crippen LogP contribution in [0.1, 0.15) is 17.7 Å². The first-order valence-electron chi connectivity index (χ1n) is 8.56. The molecule has 1 aliphatic heterocycles. The van der Waals surface area contributed by atoms with Crippen molar-refractivity contribution in [2.24, 2.45) is 0 Å². The highest BCUT2D eigenvalue weighted by atomic mass is 15.3. The maximum atomic E-state index is 4.57. The lowest BCUT2D eigenvalue weighted by Crippen LogP contribution is -2.47. The first-order valence-corrected chi connectivity index (χ1v) is 8.56. The zero-order valence-electron chi connectivity index (χ0n) is 14.3. The molecule has 4 rings (SSSR count). The number of hydrogen-bond donors (Lipinski definition) is 0. The smallest absolute Gasteiger partial charge is 0.151 e. The SMILES string of the molecule is CN(C)c1ccc(N2CCN(c3ncnc4c3CCC4)CC2)nn1. The van der Waals surface area contributed by atoms with Crippen LogP contribution in [-0.2, 0) is 12.8 Å². The lowest BCUT2D eigenvalue weighted by Gasteiger charge is -2.36. The Morgan fingerprint density at radius 1 is 0.917 bits per heavy atom. The van der Waals surface area contributed by atoms with Crippen molar-refractivity contribution in [1.82, 2.24) is 20.2 Å². The first kappa shape index (κ1) is 15.1. The van der Waals surface area contributed by atoms with Gasteiger partial charge >= 0.3 is 0 Å². The average Bonchev–Trinajstić information content (AvgIpc) is 3.11. The van der Waals surface area contributed by atoms with E-state index in [1.54, 1.807) is 6.33 Å². The van der Waals surface area contributed by atoms with E-state index in [0.717, 1.165) is 56.5 Å². The van der Waals surface area contributed by atoms with Crippen LogP contribution in [0.5, 0.6) is 0 Å². The zero-order valence-corrected chi connectivity index (χ0v) is 14.3. The standard InChI is InChI=1S/C17H23N7/c1-22(2)15-6-7-16(21-20-15)23-8-10-24(11-9-23)17-13-4-3-5-14(13)18-12-19-17/h6-7,12H,3-5,8-11H2,1-2H3. The zero-order chi connectivity index (χ0) is 16.5. The van der Waals surface area contributed by atoms with Crippen LogP contribution in [0, 0.1) is 0 Å². The number of nitrogens with zero attached hydrogens (tertiary/aromatic N) is 7. The predicted octanol–water partition coefficient (Wildman–Crippen LogP) is 1.15. The lowest BCUT2D eigenvalue weighted by molar-refractivity contribution is 0.635. The van der Waals surface area contributed by atoms with Gasteiger partial charge in [-0.2, -0.15) is 0 Å². The van der Waals surface area contributed by atoms with Crippen molar-refractivity contribution in [1.29, 1.82) is 0 Å². The molecule has 24 heavy (non-hydrogen) atoms. The van der Waals surface area contributed by atoms with E-state index in [2.05, 4.69) is 36.0 Å². The molecule has 0 spiro atoms. The summed E-state index contributed by atoms with van der Waals surface area (Å²) in [5.41, 5.74) is 2.61. The van der Waals surface area contributed by atoms with Crippen molar-refractivity contribution < 1.29 is 0 Å². The van der Waals surface area contributed by atoms with E-state index in [1.807, 2.05) is 25.1 Å². The quantitative estimate of drug-likeness (QED) is 0.839. The van der Waals surface area contributed by atoms with Crippen LogP contribution in [0.3, 0.4) is 0 Å². The number of anilines is 3. The fraction of sp³-hybridized carbons (Fsp3) is 0.529. The summed E-state index contributed by atoms with van der Waals surface area (Å²) in [5.74, 6) is 2.98. The fourth-order valence-corrected chi connectivity index (χ4v) is 3.49. The van der Waals surface area contributed by atoms with Crippen molar-refractivity contribution in [3.05, 3.63) is 29.7 Å². The van der Waals surface area contributed by atoms with Crippen molar-refractivity contribution in [2.75, 3.05) is 55.0 Å². The molecule has 0 amide bonds. The second kappa shape index (κ2) is 6.22. The summed E-state index contributed by atoms with van der Waals surface area (Å²) in [7, 11) is 3.95. The molecule has 7 heteroatoms. The molecule has 0 atom stereocenters. The van der Waals surface area contributed by atoms with Crippen LogP contribution in [0.4, 0.5) is 17.5 Å². The van der Waals surface area contributed by atoms with Gasteiger partial charge in [0, 0.05) is 51.5 Å². The van der Waals surface area contributed by atoms with E-state index in [1.165, 1.54) is 17.7 Å². The van der Waals surface area contributed by atoms with Gasteiger partial charge < -0.3 is 14.7 Å². The minimum Gasteiger partial charge on any atom is -0.361 e. The molecule has 1 saturated heterocycles. The van der Waals surface area contributed by atoms with Crippen LogP contribution in [0.2, 0.25) is 0 Å². The molecule has 3 heterocycles. The Kier molecular flexibility index (Phi) is 3.92. The van der Waals surface area contributed by atoms with E-state index >= 15 is 0 Å². The molecule has 7 nitrogen and oxygen atoms in total. The molecule has 1 aliphatic carbocycles. The Labute approximate surface area is 142 Å². The number of piperazine rings is 1. The van der Waals surface area contributed by atoms with Gasteiger partial charge in [-0.15, -0.1) is 10.2 Å². The number of aromatic nitrogens is 4. The Morgan fingerprint density at radius 3 is 2.42 bits per heavy atom. The molecular formula is C17H23N7. The normalized spacial score (nSPS) is 17.1.